The molecule has 1 amide bonds. The standard InChI is InChI=1S/C23H33NO4/c1-22(20(25)27-19-5-3-2-4-6-19)7-8-24(15-22)21(26)28-23-12-16-9-17(13-23)11-18(10-16)14-23/h7-8,16-19H,2-6,9-15H2,1H3/t16?,17?,18?,22-,23?/m0/s1. The lowest BCUT2D eigenvalue weighted by atomic mass is 9.54. The van der Waals surface area contributed by atoms with Crippen LogP contribution in [0.5, 0.6) is 0 Å². The second-order valence-electron chi connectivity index (χ2n) is 10.5. The van der Waals surface area contributed by atoms with E-state index in [4.69, 9.17) is 9.47 Å². The van der Waals surface area contributed by atoms with E-state index < -0.39 is 5.41 Å². The highest BCUT2D eigenvalue weighted by Crippen LogP contribution is 2.57. The van der Waals surface area contributed by atoms with Crippen molar-refractivity contribution in [2.75, 3.05) is 6.54 Å². The Morgan fingerprint density at radius 1 is 0.964 bits per heavy atom. The van der Waals surface area contributed by atoms with E-state index >= 15 is 0 Å². The first kappa shape index (κ1) is 18.5. The molecule has 0 saturated heterocycles. The maximum Gasteiger partial charge on any atom is 0.414 e. The van der Waals surface area contributed by atoms with Gasteiger partial charge in [-0.2, -0.15) is 0 Å². The number of ether oxygens (including phenoxy) is 2. The Bertz CT molecular complexity index is 645. The Hall–Kier alpha value is -1.52. The van der Waals surface area contributed by atoms with Crippen LogP contribution in [-0.2, 0) is 14.3 Å². The van der Waals surface area contributed by atoms with Crippen molar-refractivity contribution in [3.8, 4) is 0 Å². The fourth-order valence-corrected chi connectivity index (χ4v) is 6.84. The number of esters is 1. The van der Waals surface area contributed by atoms with Gasteiger partial charge in [-0.05, 0) is 95.0 Å². The van der Waals surface area contributed by atoms with E-state index in [9.17, 15) is 9.59 Å². The van der Waals surface area contributed by atoms with Gasteiger partial charge >= 0.3 is 12.1 Å². The van der Waals surface area contributed by atoms with Crippen molar-refractivity contribution in [3.05, 3.63) is 12.3 Å². The summed E-state index contributed by atoms with van der Waals surface area (Å²) in [5.74, 6) is 2.01. The average Bonchev–Trinajstić information content (AvgIpc) is 3.05. The Morgan fingerprint density at radius 2 is 1.57 bits per heavy atom. The number of hydrogen-bond donors (Lipinski definition) is 0. The summed E-state index contributed by atoms with van der Waals surface area (Å²) in [5, 5.41) is 0. The molecule has 154 valence electrons. The van der Waals surface area contributed by atoms with Crippen molar-refractivity contribution in [2.45, 2.75) is 89.3 Å². The molecule has 1 heterocycles. The van der Waals surface area contributed by atoms with Gasteiger partial charge in [0, 0.05) is 12.7 Å². The molecule has 4 bridgehead atoms. The van der Waals surface area contributed by atoms with Crippen LogP contribution in [-0.4, -0.2) is 35.2 Å². The van der Waals surface area contributed by atoms with E-state index in [0.29, 0.717) is 6.54 Å². The summed E-state index contributed by atoms with van der Waals surface area (Å²) in [4.78, 5) is 27.3. The minimum Gasteiger partial charge on any atom is -0.462 e. The molecule has 5 aliphatic carbocycles. The monoisotopic (exact) mass is 387 g/mol. The van der Waals surface area contributed by atoms with Crippen LogP contribution in [0, 0.1) is 23.2 Å². The molecule has 6 rings (SSSR count). The van der Waals surface area contributed by atoms with Gasteiger partial charge in [-0.1, -0.05) is 6.42 Å². The number of carbonyl (C=O) groups excluding carboxylic acids is 2. The SMILES string of the molecule is C[C@]1(C(=O)OC2CCCCC2)C=CN(C(=O)OC23CC4CC(CC(C4)C2)C3)C1. The number of rotatable bonds is 3. The zero-order valence-corrected chi connectivity index (χ0v) is 17.0. The molecular weight excluding hydrogens is 354 g/mol. The Morgan fingerprint density at radius 3 is 2.18 bits per heavy atom. The fraction of sp³-hybridized carbons (Fsp3) is 0.826. The third kappa shape index (κ3) is 3.35. The first-order chi connectivity index (χ1) is 13.4. The van der Waals surface area contributed by atoms with Gasteiger partial charge in [-0.25, -0.2) is 4.79 Å². The average molecular weight is 388 g/mol. The van der Waals surface area contributed by atoms with E-state index in [2.05, 4.69) is 0 Å². The van der Waals surface area contributed by atoms with Crippen LogP contribution in [0.1, 0.15) is 77.6 Å². The molecule has 1 atom stereocenters. The highest BCUT2D eigenvalue weighted by molar-refractivity contribution is 5.82. The summed E-state index contributed by atoms with van der Waals surface area (Å²) in [5.41, 5.74) is -1.01. The van der Waals surface area contributed by atoms with Crippen LogP contribution >= 0.6 is 0 Å². The molecule has 0 unspecified atom stereocenters. The van der Waals surface area contributed by atoms with Gasteiger partial charge in [0.15, 0.2) is 0 Å². The molecule has 0 aromatic rings. The molecule has 0 radical (unpaired) electrons. The Balaban J connectivity index is 1.19. The molecule has 5 nitrogen and oxygen atoms in total. The summed E-state index contributed by atoms with van der Waals surface area (Å²) in [6.45, 7) is 2.19. The van der Waals surface area contributed by atoms with Gasteiger partial charge in [0.2, 0.25) is 0 Å². The van der Waals surface area contributed by atoms with Crippen molar-refractivity contribution in [2.24, 2.45) is 23.2 Å². The molecule has 5 fully saturated rings. The van der Waals surface area contributed by atoms with E-state index in [1.807, 2.05) is 13.0 Å². The molecule has 5 heteroatoms. The topological polar surface area (TPSA) is 55.8 Å². The lowest BCUT2D eigenvalue weighted by molar-refractivity contribution is -0.159. The number of hydrogen-bond acceptors (Lipinski definition) is 4. The van der Waals surface area contributed by atoms with Gasteiger partial charge in [0.1, 0.15) is 17.1 Å². The van der Waals surface area contributed by atoms with Crippen LogP contribution in [0.3, 0.4) is 0 Å². The smallest absolute Gasteiger partial charge is 0.414 e. The Kier molecular flexibility index (Phi) is 4.48. The van der Waals surface area contributed by atoms with Crippen LogP contribution < -0.4 is 0 Å². The second kappa shape index (κ2) is 6.77. The first-order valence-electron chi connectivity index (χ1n) is 11.3. The summed E-state index contributed by atoms with van der Waals surface area (Å²) in [6, 6.07) is 0. The second-order valence-corrected chi connectivity index (χ2v) is 10.5. The highest BCUT2D eigenvalue weighted by atomic mass is 16.6. The third-order valence-electron chi connectivity index (χ3n) is 7.93. The zero-order valence-electron chi connectivity index (χ0n) is 17.0. The highest BCUT2D eigenvalue weighted by Gasteiger charge is 2.54. The van der Waals surface area contributed by atoms with E-state index in [-0.39, 0.29) is 23.8 Å². The normalized spacial score (nSPS) is 42.0. The van der Waals surface area contributed by atoms with Gasteiger partial charge in [-0.15, -0.1) is 0 Å². The quantitative estimate of drug-likeness (QED) is 0.653. The van der Waals surface area contributed by atoms with Gasteiger partial charge in [-0.3, -0.25) is 9.69 Å². The lowest BCUT2D eigenvalue weighted by Crippen LogP contribution is -2.54. The minimum absolute atomic E-state index is 0.0412. The van der Waals surface area contributed by atoms with Crippen molar-refractivity contribution in [1.82, 2.24) is 4.90 Å². The molecule has 0 aromatic carbocycles. The van der Waals surface area contributed by atoms with Crippen molar-refractivity contribution < 1.29 is 19.1 Å². The van der Waals surface area contributed by atoms with Crippen molar-refractivity contribution in [3.63, 3.8) is 0 Å². The molecule has 28 heavy (non-hydrogen) atoms. The van der Waals surface area contributed by atoms with Crippen LogP contribution in [0.2, 0.25) is 0 Å². The molecule has 0 aromatic heterocycles. The summed E-state index contributed by atoms with van der Waals surface area (Å²) < 4.78 is 11.9. The van der Waals surface area contributed by atoms with Gasteiger partial charge < -0.3 is 9.47 Å². The van der Waals surface area contributed by atoms with Crippen molar-refractivity contribution >= 4 is 12.1 Å². The summed E-state index contributed by atoms with van der Waals surface area (Å²) >= 11 is 0. The van der Waals surface area contributed by atoms with E-state index in [1.165, 1.54) is 25.7 Å². The molecular formula is C23H33NO4. The van der Waals surface area contributed by atoms with Gasteiger partial charge in [0.25, 0.3) is 0 Å². The lowest BCUT2D eigenvalue weighted by Gasteiger charge is -2.55. The molecule has 6 aliphatic rings. The molecule has 0 N–H and O–H groups in total. The van der Waals surface area contributed by atoms with Crippen LogP contribution in [0.15, 0.2) is 12.3 Å². The minimum atomic E-state index is -0.766. The van der Waals surface area contributed by atoms with Crippen LogP contribution in [0.25, 0.3) is 0 Å². The maximum absolute atomic E-state index is 12.9. The predicted molar refractivity (Wildman–Crippen MR) is 104 cm³/mol. The van der Waals surface area contributed by atoms with Crippen molar-refractivity contribution in [1.29, 1.82) is 0 Å². The van der Waals surface area contributed by atoms with Gasteiger partial charge in [0.05, 0.1) is 0 Å². The molecule has 1 aliphatic heterocycles. The Labute approximate surface area is 167 Å². The summed E-state index contributed by atoms with van der Waals surface area (Å²) in [7, 11) is 0. The fourth-order valence-electron chi connectivity index (χ4n) is 6.84. The molecule has 5 saturated carbocycles. The largest absolute Gasteiger partial charge is 0.462 e. The predicted octanol–water partition coefficient (Wildman–Crippen LogP) is 4.80. The van der Waals surface area contributed by atoms with E-state index in [1.54, 1.807) is 11.1 Å². The first-order valence-corrected chi connectivity index (χ1v) is 11.3. The number of amides is 1. The third-order valence-corrected chi connectivity index (χ3v) is 7.93. The molecule has 0 spiro atoms. The zero-order chi connectivity index (χ0) is 19.4. The maximum atomic E-state index is 12.9. The number of nitrogens with zero attached hydrogens (tertiary/aromatic N) is 1. The summed E-state index contributed by atoms with van der Waals surface area (Å²) in [6.07, 6.45) is 15.8. The van der Waals surface area contributed by atoms with Crippen LogP contribution in [0.4, 0.5) is 4.79 Å². The number of carbonyl (C=O) groups is 2. The van der Waals surface area contributed by atoms with E-state index in [0.717, 1.165) is 62.7 Å².